The molecule has 1 aliphatic rings. The number of nitrogens with one attached hydrogen (secondary N) is 1. The fraction of sp³-hybridized carbons (Fsp3) is 0.211. The Morgan fingerprint density at radius 3 is 2.43 bits per heavy atom. The molecule has 2 aromatic heterocycles. The summed E-state index contributed by atoms with van der Waals surface area (Å²) in [5.74, 6) is 0.644. The van der Waals surface area contributed by atoms with Crippen LogP contribution in [0.1, 0.15) is 27.7 Å². The molecular weight excluding hydrogens is 372 g/mol. The molecule has 0 radical (unpaired) electrons. The fourth-order valence-corrected chi connectivity index (χ4v) is 2.95. The number of carbonyl (C=O) groups is 1. The van der Waals surface area contributed by atoms with Gasteiger partial charge in [-0.1, -0.05) is 0 Å². The van der Waals surface area contributed by atoms with E-state index in [0.29, 0.717) is 34.2 Å². The number of amides is 1. The lowest BCUT2D eigenvalue weighted by molar-refractivity contribution is -0.286. The van der Waals surface area contributed by atoms with E-state index in [4.69, 9.17) is 4.42 Å². The van der Waals surface area contributed by atoms with Gasteiger partial charge in [0.15, 0.2) is 23.1 Å². The molecule has 1 aromatic carbocycles. The number of benzene rings is 1. The van der Waals surface area contributed by atoms with Crippen molar-refractivity contribution >= 4 is 11.7 Å². The number of alkyl halides is 2. The zero-order valence-corrected chi connectivity index (χ0v) is 15.2. The molecule has 1 aliphatic heterocycles. The Balaban J connectivity index is 1.56. The van der Waals surface area contributed by atoms with E-state index in [9.17, 15) is 13.6 Å². The average molecular weight is 387 g/mol. The van der Waals surface area contributed by atoms with Crippen molar-refractivity contribution in [3.63, 3.8) is 0 Å². The lowest BCUT2D eigenvalue weighted by Gasteiger charge is -2.08. The topological polar surface area (TPSA) is 86.5 Å². The summed E-state index contributed by atoms with van der Waals surface area (Å²) in [7, 11) is 0. The van der Waals surface area contributed by atoms with Crippen LogP contribution in [0.3, 0.4) is 0 Å². The van der Waals surface area contributed by atoms with Crippen molar-refractivity contribution in [3.8, 4) is 22.6 Å². The van der Waals surface area contributed by atoms with Gasteiger partial charge in [-0.25, -0.2) is 9.97 Å². The summed E-state index contributed by atoms with van der Waals surface area (Å²) in [5, 5.41) is 2.64. The van der Waals surface area contributed by atoms with Crippen LogP contribution in [0, 0.1) is 20.8 Å². The standard InChI is InChI=1S/C19H15F2N3O4/c1-9-6-14-15(28-19(20,21)27-14)7-13(9)12-4-5-16(22-8-12)24-18(25)17-10(2)26-11(3)23-17/h4-8H,1-3H3,(H,22,24,25). The van der Waals surface area contributed by atoms with Crippen LogP contribution in [0.4, 0.5) is 14.6 Å². The number of aryl methyl sites for hydroxylation is 3. The molecule has 28 heavy (non-hydrogen) atoms. The molecule has 1 N–H and O–H groups in total. The molecule has 144 valence electrons. The van der Waals surface area contributed by atoms with Gasteiger partial charge in [0.25, 0.3) is 5.91 Å². The van der Waals surface area contributed by atoms with Crippen LogP contribution >= 0.6 is 0 Å². The second-order valence-electron chi connectivity index (χ2n) is 6.31. The van der Waals surface area contributed by atoms with Crippen LogP contribution < -0.4 is 14.8 Å². The third kappa shape index (κ3) is 3.26. The minimum atomic E-state index is -3.67. The van der Waals surface area contributed by atoms with Gasteiger partial charge in [-0.3, -0.25) is 4.79 Å². The molecule has 7 nitrogen and oxygen atoms in total. The van der Waals surface area contributed by atoms with Gasteiger partial charge in [-0.2, -0.15) is 0 Å². The molecule has 9 heteroatoms. The summed E-state index contributed by atoms with van der Waals surface area (Å²) in [5.41, 5.74) is 2.24. The van der Waals surface area contributed by atoms with Crippen LogP contribution in [0.5, 0.6) is 11.5 Å². The Hall–Kier alpha value is -3.49. The van der Waals surface area contributed by atoms with E-state index < -0.39 is 12.2 Å². The Morgan fingerprint density at radius 2 is 1.82 bits per heavy atom. The maximum atomic E-state index is 13.2. The number of pyridine rings is 1. The molecule has 0 bridgehead atoms. The molecule has 0 atom stereocenters. The smallest absolute Gasteiger partial charge is 0.445 e. The third-order valence-corrected chi connectivity index (χ3v) is 4.18. The Bertz CT molecular complexity index is 1080. The van der Waals surface area contributed by atoms with Crippen molar-refractivity contribution in [1.29, 1.82) is 0 Å². The number of halogens is 2. The van der Waals surface area contributed by atoms with Crippen molar-refractivity contribution in [2.24, 2.45) is 0 Å². The van der Waals surface area contributed by atoms with E-state index in [1.807, 2.05) is 0 Å². The van der Waals surface area contributed by atoms with Crippen LogP contribution in [0.25, 0.3) is 11.1 Å². The molecule has 0 unspecified atom stereocenters. The van der Waals surface area contributed by atoms with E-state index >= 15 is 0 Å². The summed E-state index contributed by atoms with van der Waals surface area (Å²) in [4.78, 5) is 20.5. The van der Waals surface area contributed by atoms with Gasteiger partial charge < -0.3 is 19.2 Å². The van der Waals surface area contributed by atoms with Crippen LogP contribution in [0.15, 0.2) is 34.9 Å². The Labute approximate surface area is 158 Å². The second-order valence-corrected chi connectivity index (χ2v) is 6.31. The molecule has 0 saturated carbocycles. The third-order valence-electron chi connectivity index (χ3n) is 4.18. The number of rotatable bonds is 3. The summed E-state index contributed by atoms with van der Waals surface area (Å²) in [6, 6.07) is 6.28. The van der Waals surface area contributed by atoms with E-state index in [0.717, 1.165) is 0 Å². The van der Waals surface area contributed by atoms with Crippen LogP contribution in [0.2, 0.25) is 0 Å². The highest BCUT2D eigenvalue weighted by molar-refractivity contribution is 6.03. The molecule has 0 spiro atoms. The molecule has 3 heterocycles. The number of ether oxygens (including phenoxy) is 2. The number of anilines is 1. The van der Waals surface area contributed by atoms with Crippen LogP contribution in [-0.4, -0.2) is 22.2 Å². The van der Waals surface area contributed by atoms with E-state index in [1.165, 1.54) is 18.3 Å². The number of oxazole rings is 1. The SMILES string of the molecule is Cc1nc(C(=O)Nc2ccc(-c3cc4c(cc3C)OC(F)(F)O4)cn2)c(C)o1. The largest absolute Gasteiger partial charge is 0.586 e. The number of hydrogen-bond acceptors (Lipinski definition) is 6. The number of carbonyl (C=O) groups excluding carboxylic acids is 1. The first-order valence-electron chi connectivity index (χ1n) is 8.34. The maximum absolute atomic E-state index is 13.2. The highest BCUT2D eigenvalue weighted by Gasteiger charge is 2.43. The molecular formula is C19H15F2N3O4. The van der Waals surface area contributed by atoms with Gasteiger partial charge in [-0.15, -0.1) is 8.78 Å². The number of hydrogen-bond donors (Lipinski definition) is 1. The monoisotopic (exact) mass is 387 g/mol. The zero-order valence-electron chi connectivity index (χ0n) is 15.2. The van der Waals surface area contributed by atoms with Gasteiger partial charge in [0.1, 0.15) is 11.6 Å². The molecule has 0 aliphatic carbocycles. The minimum Gasteiger partial charge on any atom is -0.445 e. The van der Waals surface area contributed by atoms with Crippen molar-refractivity contribution in [2.75, 3.05) is 5.32 Å². The molecule has 1 amide bonds. The zero-order chi connectivity index (χ0) is 20.1. The lowest BCUT2D eigenvalue weighted by Crippen LogP contribution is -2.25. The van der Waals surface area contributed by atoms with E-state index in [-0.39, 0.29) is 17.2 Å². The molecule has 0 fully saturated rings. The van der Waals surface area contributed by atoms with Crippen molar-refractivity contribution in [3.05, 3.63) is 53.4 Å². The quantitative estimate of drug-likeness (QED) is 0.724. The van der Waals surface area contributed by atoms with Gasteiger partial charge in [0.2, 0.25) is 0 Å². The van der Waals surface area contributed by atoms with E-state index in [1.54, 1.807) is 32.9 Å². The Morgan fingerprint density at radius 1 is 1.11 bits per heavy atom. The molecule has 4 rings (SSSR count). The van der Waals surface area contributed by atoms with Gasteiger partial charge in [-0.05, 0) is 49.2 Å². The van der Waals surface area contributed by atoms with Gasteiger partial charge >= 0.3 is 6.29 Å². The number of nitrogens with zero attached hydrogens (tertiary/aromatic N) is 2. The fourth-order valence-electron chi connectivity index (χ4n) is 2.95. The summed E-state index contributed by atoms with van der Waals surface area (Å²) in [6.07, 6.45) is -2.14. The predicted octanol–water partition coefficient (Wildman–Crippen LogP) is 4.24. The summed E-state index contributed by atoms with van der Waals surface area (Å²) >= 11 is 0. The van der Waals surface area contributed by atoms with Crippen LogP contribution in [-0.2, 0) is 0 Å². The van der Waals surface area contributed by atoms with Crippen molar-refractivity contribution < 1.29 is 27.5 Å². The maximum Gasteiger partial charge on any atom is 0.586 e. The first-order valence-corrected chi connectivity index (χ1v) is 8.34. The average Bonchev–Trinajstić information content (AvgIpc) is 3.11. The molecule has 0 saturated heterocycles. The van der Waals surface area contributed by atoms with Crippen molar-refractivity contribution in [2.45, 2.75) is 27.1 Å². The first kappa shape index (κ1) is 17.9. The number of aromatic nitrogens is 2. The van der Waals surface area contributed by atoms with Gasteiger partial charge in [0.05, 0.1) is 0 Å². The van der Waals surface area contributed by atoms with Crippen molar-refractivity contribution in [1.82, 2.24) is 9.97 Å². The second kappa shape index (κ2) is 6.29. The van der Waals surface area contributed by atoms with Gasteiger partial charge in [0, 0.05) is 18.7 Å². The highest BCUT2D eigenvalue weighted by atomic mass is 19.3. The minimum absolute atomic E-state index is 0.0126. The highest BCUT2D eigenvalue weighted by Crippen LogP contribution is 2.44. The first-order chi connectivity index (χ1) is 13.2. The summed E-state index contributed by atoms with van der Waals surface area (Å²) < 4.78 is 40.7. The predicted molar refractivity (Wildman–Crippen MR) is 94.5 cm³/mol. The lowest BCUT2D eigenvalue weighted by atomic mass is 10.0. The Kier molecular flexibility index (Phi) is 4.02. The summed E-state index contributed by atoms with van der Waals surface area (Å²) in [6.45, 7) is 5.07. The van der Waals surface area contributed by atoms with E-state index in [2.05, 4.69) is 24.8 Å². The number of fused-ring (bicyclic) bond motifs is 1. The normalized spacial score (nSPS) is 14.2. The molecule has 3 aromatic rings.